The lowest BCUT2D eigenvalue weighted by atomic mass is 9.77. The highest BCUT2D eigenvalue weighted by molar-refractivity contribution is 5.86. The Morgan fingerprint density at radius 1 is 1.17 bits per heavy atom. The predicted molar refractivity (Wildman–Crippen MR) is 169 cm³/mol. The number of aromatic nitrogens is 1. The predicted octanol–water partition coefficient (Wildman–Crippen LogP) is 8.10. The number of pyridine rings is 1. The molecule has 3 aliphatic rings. The van der Waals surface area contributed by atoms with Crippen LogP contribution in [0.3, 0.4) is 0 Å². The van der Waals surface area contributed by atoms with Gasteiger partial charge in [0.05, 0.1) is 11.6 Å². The highest BCUT2D eigenvalue weighted by Crippen LogP contribution is 2.64. The van der Waals surface area contributed by atoms with Gasteiger partial charge in [-0.05, 0) is 91.5 Å². The van der Waals surface area contributed by atoms with Crippen LogP contribution in [0.1, 0.15) is 87.6 Å². The SMILES string of the molecule is C#Cc1cc(CC)c(F)c(N2CC3=C(CC(c4cncc(CN(CCC)CCC=C)c4)N=C3)C3(CC3)/C2=C\CC)c1F. The normalized spacial score (nSPS) is 19.9. The summed E-state index contributed by atoms with van der Waals surface area (Å²) in [5.41, 5.74) is 6.00. The lowest BCUT2D eigenvalue weighted by Gasteiger charge is -2.42. The molecule has 6 heteroatoms. The highest BCUT2D eigenvalue weighted by Gasteiger charge is 2.55. The maximum atomic E-state index is 15.8. The molecule has 1 atom stereocenters. The third-order valence-electron chi connectivity index (χ3n) is 8.89. The van der Waals surface area contributed by atoms with E-state index in [1.54, 1.807) is 0 Å². The fraction of sp³-hybridized carbons (Fsp3) is 0.444. The van der Waals surface area contributed by atoms with Crippen LogP contribution in [0.5, 0.6) is 0 Å². The maximum absolute atomic E-state index is 15.8. The molecule has 3 heterocycles. The number of benzene rings is 1. The molecule has 2 aliphatic heterocycles. The minimum atomic E-state index is -0.659. The molecule has 4 nitrogen and oxygen atoms in total. The molecule has 1 spiro atoms. The van der Waals surface area contributed by atoms with Gasteiger partial charge in [-0.15, -0.1) is 13.0 Å². The molecule has 2 aromatic rings. The van der Waals surface area contributed by atoms with Gasteiger partial charge in [0.15, 0.2) is 11.6 Å². The van der Waals surface area contributed by atoms with Crippen LogP contribution in [-0.2, 0) is 13.0 Å². The van der Waals surface area contributed by atoms with E-state index in [0.29, 0.717) is 18.5 Å². The average molecular weight is 569 g/mol. The fourth-order valence-electron chi connectivity index (χ4n) is 6.70. The molecule has 42 heavy (non-hydrogen) atoms. The Hall–Kier alpha value is -3.56. The van der Waals surface area contributed by atoms with E-state index in [1.807, 2.05) is 36.5 Å². The second-order valence-corrected chi connectivity index (χ2v) is 11.7. The number of hydrogen-bond donors (Lipinski definition) is 0. The number of allylic oxidation sites excluding steroid dienone is 2. The highest BCUT2D eigenvalue weighted by atomic mass is 19.1. The standard InChI is InChI=1S/C36H42F2N4/c1-6-11-16-41(15-8-3)23-25-17-28(21-39-20-25)31-19-30-29(22-40-31)24-42(32(12-7-2)36(30)13-14-36)35-33(37)26(9-4)18-27(10-5)34(35)38/h4,6,12,17-18,20-22,31H,1,7-8,10-11,13-16,19,23-24H2,2-3,5H3/b32-12+. The van der Waals surface area contributed by atoms with Gasteiger partial charge < -0.3 is 4.90 Å². The third kappa shape index (κ3) is 5.60. The van der Waals surface area contributed by atoms with Crippen LogP contribution in [0.15, 0.2) is 65.1 Å². The molecule has 5 rings (SSSR count). The van der Waals surface area contributed by atoms with Gasteiger partial charge >= 0.3 is 0 Å². The lowest BCUT2D eigenvalue weighted by Crippen LogP contribution is -2.39. The molecule has 1 aromatic carbocycles. The quantitative estimate of drug-likeness (QED) is 0.203. The van der Waals surface area contributed by atoms with Crippen LogP contribution in [0.2, 0.25) is 0 Å². The number of rotatable bonds is 11. The molecule has 1 saturated carbocycles. The molecular weight excluding hydrogens is 526 g/mol. The minimum Gasteiger partial charge on any atom is -0.335 e. The van der Waals surface area contributed by atoms with Crippen molar-refractivity contribution in [2.24, 2.45) is 10.4 Å². The van der Waals surface area contributed by atoms with Crippen LogP contribution in [0, 0.1) is 29.4 Å². The molecule has 0 radical (unpaired) electrons. The summed E-state index contributed by atoms with van der Waals surface area (Å²) in [6.07, 6.45) is 21.6. The number of dihydropyridines is 1. The first-order chi connectivity index (χ1) is 20.4. The fourth-order valence-corrected chi connectivity index (χ4v) is 6.70. The van der Waals surface area contributed by atoms with E-state index in [2.05, 4.69) is 48.4 Å². The summed E-state index contributed by atoms with van der Waals surface area (Å²) >= 11 is 0. The van der Waals surface area contributed by atoms with Crippen LogP contribution < -0.4 is 4.90 Å². The van der Waals surface area contributed by atoms with Gasteiger partial charge in [0, 0.05) is 49.4 Å². The van der Waals surface area contributed by atoms with Gasteiger partial charge in [-0.1, -0.05) is 38.8 Å². The molecule has 1 aromatic heterocycles. The summed E-state index contributed by atoms with van der Waals surface area (Å²) in [5, 5.41) is 0. The van der Waals surface area contributed by atoms with Crippen molar-refractivity contribution in [3.8, 4) is 12.3 Å². The van der Waals surface area contributed by atoms with Crippen LogP contribution in [0.25, 0.3) is 0 Å². The number of terminal acetylenes is 1. The van der Waals surface area contributed by atoms with Crippen molar-refractivity contribution in [2.75, 3.05) is 24.5 Å². The van der Waals surface area contributed by atoms with Crippen LogP contribution in [0.4, 0.5) is 14.5 Å². The Bertz CT molecular complexity index is 1470. The molecule has 0 saturated heterocycles. The number of hydrogen-bond acceptors (Lipinski definition) is 4. The summed E-state index contributed by atoms with van der Waals surface area (Å²) < 4.78 is 31.6. The first-order valence-corrected chi connectivity index (χ1v) is 15.4. The van der Waals surface area contributed by atoms with Gasteiger partial charge in [-0.3, -0.25) is 14.9 Å². The molecule has 1 unspecified atom stereocenters. The Morgan fingerprint density at radius 2 is 1.98 bits per heavy atom. The number of aliphatic imine (C=N–C) groups is 1. The van der Waals surface area contributed by atoms with Crippen molar-refractivity contribution in [3.05, 3.63) is 94.0 Å². The van der Waals surface area contributed by atoms with E-state index in [-0.39, 0.29) is 22.7 Å². The smallest absolute Gasteiger partial charge is 0.165 e. The third-order valence-corrected chi connectivity index (χ3v) is 8.89. The van der Waals surface area contributed by atoms with E-state index in [4.69, 9.17) is 11.4 Å². The van der Waals surface area contributed by atoms with E-state index in [0.717, 1.165) is 75.0 Å². The second-order valence-electron chi connectivity index (χ2n) is 11.7. The summed E-state index contributed by atoms with van der Waals surface area (Å²) in [4.78, 5) is 13.9. The van der Waals surface area contributed by atoms with Gasteiger partial charge in [0.25, 0.3) is 0 Å². The first kappa shape index (κ1) is 29.9. The number of fused-ring (bicyclic) bond motifs is 1. The molecule has 0 bridgehead atoms. The topological polar surface area (TPSA) is 31.7 Å². The Labute approximate surface area is 249 Å². The summed E-state index contributed by atoms with van der Waals surface area (Å²) in [7, 11) is 0. The van der Waals surface area contributed by atoms with Crippen molar-refractivity contribution in [1.29, 1.82) is 0 Å². The number of nitrogens with zero attached hydrogens (tertiary/aromatic N) is 4. The Kier molecular flexibility index (Phi) is 9.08. The summed E-state index contributed by atoms with van der Waals surface area (Å²) in [6.45, 7) is 13.3. The molecule has 0 amide bonds. The second kappa shape index (κ2) is 12.8. The Morgan fingerprint density at radius 3 is 2.64 bits per heavy atom. The van der Waals surface area contributed by atoms with Crippen molar-refractivity contribution >= 4 is 11.9 Å². The number of anilines is 1. The molecule has 220 valence electrons. The van der Waals surface area contributed by atoms with Gasteiger partial charge in [-0.25, -0.2) is 8.78 Å². The lowest BCUT2D eigenvalue weighted by molar-refractivity contribution is 0.271. The van der Waals surface area contributed by atoms with Gasteiger partial charge in [-0.2, -0.15) is 0 Å². The maximum Gasteiger partial charge on any atom is 0.165 e. The minimum absolute atomic E-state index is 0.0270. The van der Waals surface area contributed by atoms with E-state index in [1.165, 1.54) is 17.2 Å². The van der Waals surface area contributed by atoms with Crippen molar-refractivity contribution < 1.29 is 8.78 Å². The first-order valence-electron chi connectivity index (χ1n) is 15.4. The van der Waals surface area contributed by atoms with Gasteiger partial charge in [0.1, 0.15) is 5.69 Å². The van der Waals surface area contributed by atoms with Gasteiger partial charge in [0.2, 0.25) is 0 Å². The zero-order valence-electron chi connectivity index (χ0n) is 25.2. The Balaban J connectivity index is 1.47. The summed E-state index contributed by atoms with van der Waals surface area (Å²) in [6, 6.07) is 3.69. The average Bonchev–Trinajstić information content (AvgIpc) is 3.79. The van der Waals surface area contributed by atoms with Crippen molar-refractivity contribution in [3.63, 3.8) is 0 Å². The zero-order chi connectivity index (χ0) is 29.9. The zero-order valence-corrected chi connectivity index (χ0v) is 25.2. The van der Waals surface area contributed by atoms with E-state index < -0.39 is 11.6 Å². The largest absolute Gasteiger partial charge is 0.335 e. The van der Waals surface area contributed by atoms with Crippen LogP contribution >= 0.6 is 0 Å². The van der Waals surface area contributed by atoms with E-state index >= 15 is 8.78 Å². The molecule has 1 aliphatic carbocycles. The molecule has 1 fully saturated rings. The van der Waals surface area contributed by atoms with Crippen molar-refractivity contribution in [1.82, 2.24) is 9.88 Å². The number of halogens is 2. The van der Waals surface area contributed by atoms with E-state index in [9.17, 15) is 0 Å². The molecular formula is C36H42F2N4. The number of aryl methyl sites for hydroxylation is 1. The van der Waals surface area contributed by atoms with Crippen LogP contribution in [-0.4, -0.2) is 35.7 Å². The van der Waals surface area contributed by atoms with Crippen molar-refractivity contribution in [2.45, 2.75) is 78.3 Å². The molecule has 0 N–H and O–H groups in total. The summed E-state index contributed by atoms with van der Waals surface area (Å²) in [5.74, 6) is 1.26. The monoisotopic (exact) mass is 568 g/mol.